The van der Waals surface area contributed by atoms with E-state index in [1.807, 2.05) is 0 Å². The third-order valence-corrected chi connectivity index (χ3v) is 3.58. The highest BCUT2D eigenvalue weighted by Crippen LogP contribution is 2.10. The minimum Gasteiger partial charge on any atom is -0.393 e. The summed E-state index contributed by atoms with van der Waals surface area (Å²) in [6.45, 7) is 1.05. The number of hydrogen-bond acceptors (Lipinski definition) is 3. The number of carbonyl (C=O) groups excluding carboxylic acids is 2. The zero-order valence-corrected chi connectivity index (χ0v) is 11.8. The molecule has 0 bridgehead atoms. The van der Waals surface area contributed by atoms with Crippen LogP contribution in [0, 0.1) is 0 Å². The topological polar surface area (TPSA) is 69.6 Å². The Labute approximate surface area is 122 Å². The first-order chi connectivity index (χ1) is 9.56. The van der Waals surface area contributed by atoms with E-state index in [2.05, 4.69) is 5.32 Å². The average Bonchev–Trinajstić information content (AvgIpc) is 2.46. The fourth-order valence-electron chi connectivity index (χ4n) is 2.09. The normalized spacial score (nSPS) is 16.0. The number of aliphatic hydroxyl groups excluding tert-OH is 1. The second kappa shape index (κ2) is 6.72. The minimum atomic E-state index is -0.317. The predicted molar refractivity (Wildman–Crippen MR) is 75.6 cm³/mol. The van der Waals surface area contributed by atoms with Crippen LogP contribution in [0.4, 0.5) is 0 Å². The van der Waals surface area contributed by atoms with Crippen molar-refractivity contribution in [2.75, 3.05) is 19.6 Å². The van der Waals surface area contributed by atoms with Crippen LogP contribution in [-0.2, 0) is 4.79 Å². The third kappa shape index (κ3) is 3.95. The second-order valence-corrected chi connectivity index (χ2v) is 5.24. The summed E-state index contributed by atoms with van der Waals surface area (Å²) >= 11 is 5.74. The molecule has 0 saturated carbocycles. The van der Waals surface area contributed by atoms with Crippen LogP contribution < -0.4 is 5.32 Å². The van der Waals surface area contributed by atoms with E-state index in [1.165, 1.54) is 0 Å². The number of likely N-dealkylation sites (tertiary alicyclic amines) is 1. The Balaban J connectivity index is 1.81. The van der Waals surface area contributed by atoms with Gasteiger partial charge in [-0.25, -0.2) is 0 Å². The molecule has 5 nitrogen and oxygen atoms in total. The molecular weight excluding hydrogens is 280 g/mol. The molecule has 0 aliphatic carbocycles. The molecule has 0 unspecified atom stereocenters. The summed E-state index contributed by atoms with van der Waals surface area (Å²) in [6.07, 6.45) is 0.871. The summed E-state index contributed by atoms with van der Waals surface area (Å²) in [5.74, 6) is -0.425. The summed E-state index contributed by atoms with van der Waals surface area (Å²) in [5.41, 5.74) is 0.469. The van der Waals surface area contributed by atoms with Gasteiger partial charge in [0.25, 0.3) is 5.91 Å². The summed E-state index contributed by atoms with van der Waals surface area (Å²) in [7, 11) is 0. The van der Waals surface area contributed by atoms with Gasteiger partial charge in [0, 0.05) is 23.7 Å². The molecule has 2 amide bonds. The van der Waals surface area contributed by atoms with Crippen molar-refractivity contribution in [2.45, 2.75) is 18.9 Å². The van der Waals surface area contributed by atoms with Gasteiger partial charge in [0.1, 0.15) is 0 Å². The average molecular weight is 297 g/mol. The number of piperidine rings is 1. The van der Waals surface area contributed by atoms with Crippen LogP contribution >= 0.6 is 11.6 Å². The molecule has 2 N–H and O–H groups in total. The molecule has 108 valence electrons. The summed E-state index contributed by atoms with van der Waals surface area (Å²) < 4.78 is 0. The van der Waals surface area contributed by atoms with Crippen LogP contribution in [0.3, 0.4) is 0 Å². The van der Waals surface area contributed by atoms with Crippen LogP contribution in [0.25, 0.3) is 0 Å². The van der Waals surface area contributed by atoms with Gasteiger partial charge in [-0.1, -0.05) is 11.6 Å². The van der Waals surface area contributed by atoms with E-state index >= 15 is 0 Å². The van der Waals surface area contributed by atoms with Crippen LogP contribution in [0.1, 0.15) is 23.2 Å². The SMILES string of the molecule is O=C(NCC(=O)N1CCC(O)CC1)c1ccc(Cl)cc1. The second-order valence-electron chi connectivity index (χ2n) is 4.80. The number of nitrogens with one attached hydrogen (secondary N) is 1. The van der Waals surface area contributed by atoms with Crippen molar-refractivity contribution in [3.63, 3.8) is 0 Å². The molecule has 1 saturated heterocycles. The molecule has 0 atom stereocenters. The van der Waals surface area contributed by atoms with E-state index < -0.39 is 0 Å². The van der Waals surface area contributed by atoms with Gasteiger partial charge < -0.3 is 15.3 Å². The van der Waals surface area contributed by atoms with Gasteiger partial charge in [0.2, 0.25) is 5.91 Å². The number of rotatable bonds is 3. The number of amides is 2. The standard InChI is InChI=1S/C14H17ClN2O3/c15-11-3-1-10(2-4-11)14(20)16-9-13(19)17-7-5-12(18)6-8-17/h1-4,12,18H,5-9H2,(H,16,20). The Hall–Kier alpha value is -1.59. The lowest BCUT2D eigenvalue weighted by molar-refractivity contribution is -0.132. The first-order valence-corrected chi connectivity index (χ1v) is 6.93. The molecule has 1 heterocycles. The van der Waals surface area contributed by atoms with Crippen LogP contribution in [0.2, 0.25) is 5.02 Å². The number of aliphatic hydroxyl groups is 1. The zero-order valence-electron chi connectivity index (χ0n) is 11.0. The molecule has 0 spiro atoms. The molecule has 0 radical (unpaired) electrons. The monoisotopic (exact) mass is 296 g/mol. The lowest BCUT2D eigenvalue weighted by Gasteiger charge is -2.29. The molecule has 20 heavy (non-hydrogen) atoms. The lowest BCUT2D eigenvalue weighted by Crippen LogP contribution is -2.45. The van der Waals surface area contributed by atoms with Crippen LogP contribution in [-0.4, -0.2) is 47.6 Å². The molecule has 1 fully saturated rings. The van der Waals surface area contributed by atoms with Gasteiger partial charge in [0.15, 0.2) is 0 Å². The van der Waals surface area contributed by atoms with Crippen molar-refractivity contribution >= 4 is 23.4 Å². The van der Waals surface area contributed by atoms with E-state index in [0.717, 1.165) is 0 Å². The van der Waals surface area contributed by atoms with Crippen LogP contribution in [0.15, 0.2) is 24.3 Å². The summed E-state index contributed by atoms with van der Waals surface area (Å²) in [5, 5.41) is 12.5. The largest absolute Gasteiger partial charge is 0.393 e. The molecule has 1 aliphatic heterocycles. The van der Waals surface area contributed by atoms with Crippen molar-refractivity contribution in [3.05, 3.63) is 34.9 Å². The van der Waals surface area contributed by atoms with Crippen molar-refractivity contribution < 1.29 is 14.7 Å². The molecule has 6 heteroatoms. The maximum atomic E-state index is 11.9. The number of carbonyl (C=O) groups is 2. The highest BCUT2D eigenvalue weighted by atomic mass is 35.5. The number of benzene rings is 1. The van der Waals surface area contributed by atoms with Crippen molar-refractivity contribution in [3.8, 4) is 0 Å². The molecular formula is C14H17ClN2O3. The van der Waals surface area contributed by atoms with Gasteiger partial charge in [-0.05, 0) is 37.1 Å². The Morgan fingerprint density at radius 1 is 1.25 bits per heavy atom. The van der Waals surface area contributed by atoms with Gasteiger partial charge in [-0.2, -0.15) is 0 Å². The van der Waals surface area contributed by atoms with E-state index in [4.69, 9.17) is 11.6 Å². The quantitative estimate of drug-likeness (QED) is 0.876. The maximum Gasteiger partial charge on any atom is 0.251 e. The van der Waals surface area contributed by atoms with Gasteiger partial charge in [-0.3, -0.25) is 9.59 Å². The highest BCUT2D eigenvalue weighted by Gasteiger charge is 2.21. The van der Waals surface area contributed by atoms with E-state index in [9.17, 15) is 14.7 Å². The van der Waals surface area contributed by atoms with E-state index in [-0.39, 0.29) is 24.5 Å². The fourth-order valence-corrected chi connectivity index (χ4v) is 2.21. The molecule has 0 aromatic heterocycles. The first-order valence-electron chi connectivity index (χ1n) is 6.56. The van der Waals surface area contributed by atoms with Crippen LogP contribution in [0.5, 0.6) is 0 Å². The predicted octanol–water partition coefficient (Wildman–Crippen LogP) is 1.05. The molecule has 1 aliphatic rings. The number of hydrogen-bond donors (Lipinski definition) is 2. The Kier molecular flexibility index (Phi) is 4.98. The van der Waals surface area contributed by atoms with Gasteiger partial charge in [-0.15, -0.1) is 0 Å². The minimum absolute atomic E-state index is 0.0302. The van der Waals surface area contributed by atoms with E-state index in [1.54, 1.807) is 29.2 Å². The van der Waals surface area contributed by atoms with Gasteiger partial charge in [0.05, 0.1) is 12.6 Å². The third-order valence-electron chi connectivity index (χ3n) is 3.32. The smallest absolute Gasteiger partial charge is 0.251 e. The van der Waals surface area contributed by atoms with Crippen molar-refractivity contribution in [1.82, 2.24) is 10.2 Å². The molecule has 1 aromatic rings. The Bertz CT molecular complexity index is 482. The molecule has 2 rings (SSSR count). The summed E-state index contributed by atoms with van der Waals surface area (Å²) in [6, 6.07) is 6.48. The van der Waals surface area contributed by atoms with Crippen molar-refractivity contribution in [2.24, 2.45) is 0 Å². The van der Waals surface area contributed by atoms with Crippen molar-refractivity contribution in [1.29, 1.82) is 0 Å². The first kappa shape index (κ1) is 14.8. The lowest BCUT2D eigenvalue weighted by atomic mass is 10.1. The number of halogens is 1. The van der Waals surface area contributed by atoms with E-state index in [0.29, 0.717) is 36.5 Å². The fraction of sp³-hybridized carbons (Fsp3) is 0.429. The summed E-state index contributed by atoms with van der Waals surface area (Å²) in [4.78, 5) is 25.4. The molecule has 1 aromatic carbocycles. The Morgan fingerprint density at radius 2 is 1.85 bits per heavy atom. The van der Waals surface area contributed by atoms with Gasteiger partial charge >= 0.3 is 0 Å². The Morgan fingerprint density at radius 3 is 2.45 bits per heavy atom. The maximum absolute atomic E-state index is 11.9. The highest BCUT2D eigenvalue weighted by molar-refractivity contribution is 6.30. The zero-order chi connectivity index (χ0) is 14.5. The number of nitrogens with zero attached hydrogens (tertiary/aromatic N) is 1.